The van der Waals surface area contributed by atoms with Gasteiger partial charge in [-0.25, -0.2) is 9.59 Å². The second-order valence-corrected chi connectivity index (χ2v) is 2.22. The molecule has 0 saturated heterocycles. The molecule has 0 aliphatic carbocycles. The maximum atomic E-state index is 10.8. The molecule has 6 heteroatoms. The number of hydrogen-bond donors (Lipinski definition) is 2. The molecule has 6 nitrogen and oxygen atoms in total. The molecule has 1 aromatic rings. The lowest BCUT2D eigenvalue weighted by Gasteiger charge is -1.96. The third kappa shape index (κ3) is 1.26. The summed E-state index contributed by atoms with van der Waals surface area (Å²) in [5, 5.41) is 8.45. The van der Waals surface area contributed by atoms with Gasteiger partial charge in [-0.15, -0.1) is 0 Å². The van der Waals surface area contributed by atoms with Crippen LogP contribution in [0.2, 0.25) is 0 Å². The fraction of sp³-hybridized carbons (Fsp3) is 0.167. The summed E-state index contributed by atoms with van der Waals surface area (Å²) < 4.78 is 0.991. The number of nitrogens with one attached hydrogen (secondary N) is 1. The summed E-state index contributed by atoms with van der Waals surface area (Å²) in [7, 11) is 1.35. The zero-order valence-corrected chi connectivity index (χ0v) is 6.20. The van der Waals surface area contributed by atoms with E-state index in [1.54, 1.807) is 0 Å². The van der Waals surface area contributed by atoms with Crippen molar-refractivity contribution in [2.24, 2.45) is 7.05 Å². The molecule has 0 atom stereocenters. The summed E-state index contributed by atoms with van der Waals surface area (Å²) in [4.78, 5) is 33.7. The predicted molar refractivity (Wildman–Crippen MR) is 39.3 cm³/mol. The van der Waals surface area contributed by atoms with Crippen molar-refractivity contribution in [3.63, 3.8) is 0 Å². The van der Waals surface area contributed by atoms with Crippen molar-refractivity contribution in [3.05, 3.63) is 32.6 Å². The Morgan fingerprint density at radius 3 is 2.67 bits per heavy atom. The first-order chi connectivity index (χ1) is 5.52. The zero-order chi connectivity index (χ0) is 9.30. The van der Waals surface area contributed by atoms with Gasteiger partial charge in [0.05, 0.1) is 0 Å². The van der Waals surface area contributed by atoms with E-state index < -0.39 is 22.8 Å². The molecule has 2 N–H and O–H groups in total. The van der Waals surface area contributed by atoms with Gasteiger partial charge < -0.3 is 9.67 Å². The highest BCUT2D eigenvalue weighted by Gasteiger charge is 2.09. The topological polar surface area (TPSA) is 92.2 Å². The van der Waals surface area contributed by atoms with Gasteiger partial charge in [-0.1, -0.05) is 0 Å². The summed E-state index contributed by atoms with van der Waals surface area (Å²) in [5.41, 5.74) is -1.97. The molecule has 12 heavy (non-hydrogen) atoms. The van der Waals surface area contributed by atoms with E-state index in [1.807, 2.05) is 4.98 Å². The molecule has 0 fully saturated rings. The molecule has 0 aliphatic rings. The Bertz CT molecular complexity index is 428. The summed E-state index contributed by atoms with van der Waals surface area (Å²) in [6.45, 7) is 0. The third-order valence-corrected chi connectivity index (χ3v) is 1.34. The summed E-state index contributed by atoms with van der Waals surface area (Å²) in [6.07, 6.45) is 0.976. The molecular formula is C6H6N2O4. The van der Waals surface area contributed by atoms with Crippen molar-refractivity contribution in [2.75, 3.05) is 0 Å². The third-order valence-electron chi connectivity index (χ3n) is 1.34. The molecule has 1 heterocycles. The lowest BCUT2D eigenvalue weighted by atomic mass is 10.3. The molecule has 0 aromatic carbocycles. The molecule has 1 aromatic heterocycles. The molecular weight excluding hydrogens is 164 g/mol. The van der Waals surface area contributed by atoms with Gasteiger partial charge in [0.15, 0.2) is 0 Å². The van der Waals surface area contributed by atoms with Crippen LogP contribution in [-0.4, -0.2) is 20.6 Å². The quantitative estimate of drug-likeness (QED) is 0.552. The molecule has 1 rings (SSSR count). The average Bonchev–Trinajstić information content (AvgIpc) is 1.96. The minimum atomic E-state index is -1.35. The Morgan fingerprint density at radius 1 is 1.58 bits per heavy atom. The number of aromatic amines is 1. The number of hydrogen-bond acceptors (Lipinski definition) is 3. The summed E-state index contributed by atoms with van der Waals surface area (Å²) in [5.74, 6) is -1.35. The fourth-order valence-electron chi connectivity index (χ4n) is 0.716. The lowest BCUT2D eigenvalue weighted by molar-refractivity contribution is 0.0693. The van der Waals surface area contributed by atoms with Crippen LogP contribution in [0.3, 0.4) is 0 Å². The highest BCUT2D eigenvalue weighted by atomic mass is 16.4. The monoisotopic (exact) mass is 170 g/mol. The number of aromatic nitrogens is 2. The standard InChI is InChI=1S/C6H6N2O4/c1-8-2-3(5(10)11)4(9)7-6(8)12/h2H,1H3,(H,10,11)(H,7,9,12). The summed E-state index contributed by atoms with van der Waals surface area (Å²) >= 11 is 0. The second-order valence-electron chi connectivity index (χ2n) is 2.22. The summed E-state index contributed by atoms with van der Waals surface area (Å²) in [6, 6.07) is 0. The first kappa shape index (κ1) is 8.25. The van der Waals surface area contributed by atoms with Crippen LogP contribution in [0.15, 0.2) is 15.8 Å². The van der Waals surface area contributed by atoms with Crippen molar-refractivity contribution in [3.8, 4) is 0 Å². The van der Waals surface area contributed by atoms with Crippen molar-refractivity contribution in [1.29, 1.82) is 0 Å². The Labute approximate surface area is 66.1 Å². The van der Waals surface area contributed by atoms with Crippen LogP contribution in [0.1, 0.15) is 10.4 Å². The van der Waals surface area contributed by atoms with E-state index in [1.165, 1.54) is 7.05 Å². The fourth-order valence-corrected chi connectivity index (χ4v) is 0.716. The van der Waals surface area contributed by atoms with Gasteiger partial charge >= 0.3 is 11.7 Å². The Morgan fingerprint density at radius 2 is 2.17 bits per heavy atom. The van der Waals surface area contributed by atoms with E-state index in [9.17, 15) is 14.4 Å². The molecule has 0 saturated carbocycles. The number of carboxylic acids is 1. The molecule has 0 aliphatic heterocycles. The van der Waals surface area contributed by atoms with Gasteiger partial charge in [0, 0.05) is 13.2 Å². The normalized spacial score (nSPS) is 9.75. The Kier molecular flexibility index (Phi) is 1.82. The van der Waals surface area contributed by atoms with Crippen LogP contribution >= 0.6 is 0 Å². The van der Waals surface area contributed by atoms with E-state index in [0.29, 0.717) is 0 Å². The van der Waals surface area contributed by atoms with Gasteiger partial charge in [0.2, 0.25) is 0 Å². The molecule has 0 bridgehead atoms. The van der Waals surface area contributed by atoms with Gasteiger partial charge in [-0.2, -0.15) is 0 Å². The van der Waals surface area contributed by atoms with E-state index in [2.05, 4.69) is 0 Å². The second kappa shape index (κ2) is 2.65. The van der Waals surface area contributed by atoms with Crippen molar-refractivity contribution < 1.29 is 9.90 Å². The van der Waals surface area contributed by atoms with E-state index in [-0.39, 0.29) is 0 Å². The zero-order valence-electron chi connectivity index (χ0n) is 6.20. The molecule has 0 unspecified atom stereocenters. The van der Waals surface area contributed by atoms with Crippen LogP contribution < -0.4 is 11.2 Å². The highest BCUT2D eigenvalue weighted by Crippen LogP contribution is 1.84. The SMILES string of the molecule is Cn1cc(C(=O)O)c(=O)[nH]c1=O. The highest BCUT2D eigenvalue weighted by molar-refractivity contribution is 5.86. The Balaban J connectivity index is 3.54. The largest absolute Gasteiger partial charge is 0.477 e. The van der Waals surface area contributed by atoms with Crippen LogP contribution in [0.25, 0.3) is 0 Å². The number of H-pyrrole nitrogens is 1. The Hall–Kier alpha value is -1.85. The number of aromatic carboxylic acids is 1. The van der Waals surface area contributed by atoms with Crippen molar-refractivity contribution >= 4 is 5.97 Å². The number of carbonyl (C=O) groups is 1. The first-order valence-corrected chi connectivity index (χ1v) is 3.05. The van der Waals surface area contributed by atoms with E-state index in [4.69, 9.17) is 5.11 Å². The molecule has 64 valence electrons. The predicted octanol–water partition coefficient (Wildman–Crippen LogP) is -1.23. The van der Waals surface area contributed by atoms with Gasteiger partial charge in [-0.05, 0) is 0 Å². The first-order valence-electron chi connectivity index (χ1n) is 3.05. The van der Waals surface area contributed by atoms with Crippen molar-refractivity contribution in [1.82, 2.24) is 9.55 Å². The van der Waals surface area contributed by atoms with Crippen LogP contribution in [0.5, 0.6) is 0 Å². The van der Waals surface area contributed by atoms with Crippen LogP contribution in [-0.2, 0) is 7.05 Å². The van der Waals surface area contributed by atoms with Crippen LogP contribution in [0.4, 0.5) is 0 Å². The van der Waals surface area contributed by atoms with Crippen molar-refractivity contribution in [2.45, 2.75) is 0 Å². The van der Waals surface area contributed by atoms with Crippen LogP contribution in [0, 0.1) is 0 Å². The van der Waals surface area contributed by atoms with Gasteiger partial charge in [-0.3, -0.25) is 9.78 Å². The molecule has 0 amide bonds. The number of rotatable bonds is 1. The minimum Gasteiger partial charge on any atom is -0.477 e. The number of nitrogens with zero attached hydrogens (tertiary/aromatic N) is 1. The maximum Gasteiger partial charge on any atom is 0.342 e. The van der Waals surface area contributed by atoms with Gasteiger partial charge in [0.1, 0.15) is 5.56 Å². The van der Waals surface area contributed by atoms with Gasteiger partial charge in [0.25, 0.3) is 5.56 Å². The van der Waals surface area contributed by atoms with E-state index in [0.717, 1.165) is 10.8 Å². The number of aryl methyl sites for hydroxylation is 1. The smallest absolute Gasteiger partial charge is 0.342 e. The maximum absolute atomic E-state index is 10.8. The average molecular weight is 170 g/mol. The molecule has 0 spiro atoms. The van der Waals surface area contributed by atoms with E-state index >= 15 is 0 Å². The lowest BCUT2D eigenvalue weighted by Crippen LogP contribution is -2.31. The number of carboxylic acid groups (broad SMARTS) is 1. The minimum absolute atomic E-state index is 0.447. The molecule has 0 radical (unpaired) electrons.